The number of carboxylic acid groups (broad SMARTS) is 1. The molecule has 17 heavy (non-hydrogen) atoms. The van der Waals surface area contributed by atoms with Gasteiger partial charge in [-0.2, -0.15) is 0 Å². The van der Waals surface area contributed by atoms with Crippen molar-refractivity contribution in [3.05, 3.63) is 30.3 Å². The minimum Gasteiger partial charge on any atom is -0.479 e. The van der Waals surface area contributed by atoms with Crippen molar-refractivity contribution in [2.24, 2.45) is 0 Å². The molecular formula is C13H18O3S. The second-order valence-corrected chi connectivity index (χ2v) is 5.21. The van der Waals surface area contributed by atoms with E-state index in [1.165, 1.54) is 11.8 Å². The third-order valence-corrected chi connectivity index (χ3v) is 3.82. The number of carboxylic acids is 1. The lowest BCUT2D eigenvalue weighted by atomic mass is 10.1. The molecule has 2 N–H and O–H groups in total. The van der Waals surface area contributed by atoms with Gasteiger partial charge >= 0.3 is 5.97 Å². The van der Waals surface area contributed by atoms with E-state index >= 15 is 0 Å². The van der Waals surface area contributed by atoms with Crippen molar-refractivity contribution in [2.75, 3.05) is 0 Å². The third-order valence-electron chi connectivity index (χ3n) is 2.48. The van der Waals surface area contributed by atoms with Crippen LogP contribution in [0.3, 0.4) is 0 Å². The van der Waals surface area contributed by atoms with Crippen LogP contribution in [0.2, 0.25) is 0 Å². The zero-order valence-electron chi connectivity index (χ0n) is 9.87. The van der Waals surface area contributed by atoms with Crippen molar-refractivity contribution >= 4 is 17.7 Å². The Balaban J connectivity index is 2.66. The van der Waals surface area contributed by atoms with Gasteiger partial charge in [0.1, 0.15) is 0 Å². The standard InChI is InChI=1S/C13H18O3S/c1-2-3-9-11(12(14)13(15)16)17-10-7-5-4-6-8-10/h4-8,11-12,14H,2-3,9H2,1H3,(H,15,16)/t11-,12-/m1/s1. The summed E-state index contributed by atoms with van der Waals surface area (Å²) in [5.41, 5.74) is 0. The average molecular weight is 254 g/mol. The highest BCUT2D eigenvalue weighted by Crippen LogP contribution is 2.28. The zero-order valence-corrected chi connectivity index (χ0v) is 10.7. The molecule has 1 aromatic rings. The molecule has 0 aromatic heterocycles. The van der Waals surface area contributed by atoms with Crippen LogP contribution in [0.1, 0.15) is 26.2 Å². The summed E-state index contributed by atoms with van der Waals surface area (Å²) in [6, 6.07) is 9.59. The number of aliphatic carboxylic acids is 1. The normalized spacial score (nSPS) is 14.2. The summed E-state index contributed by atoms with van der Waals surface area (Å²) in [5.74, 6) is -1.14. The van der Waals surface area contributed by atoms with Gasteiger partial charge in [-0.05, 0) is 18.6 Å². The van der Waals surface area contributed by atoms with Crippen LogP contribution in [0.15, 0.2) is 35.2 Å². The van der Waals surface area contributed by atoms with Crippen LogP contribution in [0.5, 0.6) is 0 Å². The lowest BCUT2D eigenvalue weighted by Gasteiger charge is -2.19. The van der Waals surface area contributed by atoms with Crippen molar-refractivity contribution in [2.45, 2.75) is 42.4 Å². The molecule has 0 aliphatic rings. The minimum absolute atomic E-state index is 0.283. The molecule has 0 heterocycles. The van der Waals surface area contributed by atoms with Gasteiger partial charge in [-0.15, -0.1) is 11.8 Å². The summed E-state index contributed by atoms with van der Waals surface area (Å²) in [4.78, 5) is 11.8. The van der Waals surface area contributed by atoms with Gasteiger partial charge in [-0.1, -0.05) is 38.0 Å². The third kappa shape index (κ3) is 4.79. The topological polar surface area (TPSA) is 57.5 Å². The Morgan fingerprint density at radius 1 is 1.35 bits per heavy atom. The molecule has 0 unspecified atom stereocenters. The summed E-state index contributed by atoms with van der Waals surface area (Å²) in [6.45, 7) is 2.05. The molecule has 0 saturated heterocycles. The van der Waals surface area contributed by atoms with Crippen molar-refractivity contribution in [1.82, 2.24) is 0 Å². The number of benzene rings is 1. The predicted octanol–water partition coefficient (Wildman–Crippen LogP) is 2.78. The van der Waals surface area contributed by atoms with E-state index in [1.54, 1.807) is 0 Å². The second-order valence-electron chi connectivity index (χ2n) is 3.89. The predicted molar refractivity (Wildman–Crippen MR) is 69.3 cm³/mol. The Morgan fingerprint density at radius 2 is 2.00 bits per heavy atom. The summed E-state index contributed by atoms with van der Waals surface area (Å²) in [5, 5.41) is 18.2. The van der Waals surface area contributed by atoms with Crippen LogP contribution in [0.25, 0.3) is 0 Å². The van der Waals surface area contributed by atoms with Crippen LogP contribution < -0.4 is 0 Å². The van der Waals surface area contributed by atoms with Gasteiger partial charge < -0.3 is 10.2 Å². The van der Waals surface area contributed by atoms with E-state index in [4.69, 9.17) is 5.11 Å². The summed E-state index contributed by atoms with van der Waals surface area (Å²) in [6.07, 6.45) is 1.34. The first-order valence-corrected chi connectivity index (χ1v) is 6.65. The highest BCUT2D eigenvalue weighted by atomic mass is 32.2. The molecule has 4 heteroatoms. The van der Waals surface area contributed by atoms with Gasteiger partial charge in [0.15, 0.2) is 6.10 Å². The number of aliphatic hydroxyl groups excluding tert-OH is 1. The molecule has 0 fully saturated rings. The van der Waals surface area contributed by atoms with Gasteiger partial charge in [-0.25, -0.2) is 4.79 Å². The van der Waals surface area contributed by atoms with Gasteiger partial charge in [0, 0.05) is 10.1 Å². The molecule has 2 atom stereocenters. The molecule has 0 spiro atoms. The van der Waals surface area contributed by atoms with Crippen molar-refractivity contribution in [3.63, 3.8) is 0 Å². The SMILES string of the molecule is CCCC[C@@H](Sc1ccccc1)[C@@H](O)C(=O)O. The first-order chi connectivity index (χ1) is 8.15. The first-order valence-electron chi connectivity index (χ1n) is 5.77. The van der Waals surface area contributed by atoms with E-state index in [-0.39, 0.29) is 5.25 Å². The van der Waals surface area contributed by atoms with E-state index in [9.17, 15) is 9.90 Å². The zero-order chi connectivity index (χ0) is 12.7. The van der Waals surface area contributed by atoms with Gasteiger partial charge in [0.25, 0.3) is 0 Å². The number of unbranched alkanes of at least 4 members (excludes halogenated alkanes) is 1. The number of thioether (sulfide) groups is 1. The Hall–Kier alpha value is -1.00. The Labute approximate surface area is 106 Å². The molecule has 0 amide bonds. The highest BCUT2D eigenvalue weighted by molar-refractivity contribution is 8.00. The van der Waals surface area contributed by atoms with E-state index in [2.05, 4.69) is 6.92 Å². The fourth-order valence-electron chi connectivity index (χ4n) is 1.52. The molecule has 3 nitrogen and oxygen atoms in total. The van der Waals surface area contributed by atoms with E-state index in [1.807, 2.05) is 30.3 Å². The number of hydrogen-bond acceptors (Lipinski definition) is 3. The average Bonchev–Trinajstić information content (AvgIpc) is 2.34. The van der Waals surface area contributed by atoms with Crippen LogP contribution >= 0.6 is 11.8 Å². The first kappa shape index (κ1) is 14.1. The Kier molecular flexibility index (Phi) is 6.08. The van der Waals surface area contributed by atoms with Crippen LogP contribution in [-0.2, 0) is 4.79 Å². The van der Waals surface area contributed by atoms with Crippen molar-refractivity contribution in [1.29, 1.82) is 0 Å². The minimum atomic E-state index is -1.30. The van der Waals surface area contributed by atoms with Crippen molar-refractivity contribution in [3.8, 4) is 0 Å². The monoisotopic (exact) mass is 254 g/mol. The maximum absolute atomic E-state index is 10.8. The summed E-state index contributed by atoms with van der Waals surface area (Å²) in [7, 11) is 0. The molecule has 0 aliphatic heterocycles. The molecule has 1 rings (SSSR count). The number of rotatable bonds is 7. The fraction of sp³-hybridized carbons (Fsp3) is 0.462. The summed E-state index contributed by atoms with van der Waals surface area (Å²) >= 11 is 1.43. The van der Waals surface area contributed by atoms with Crippen LogP contribution in [-0.4, -0.2) is 27.5 Å². The number of aliphatic hydroxyl groups is 1. The highest BCUT2D eigenvalue weighted by Gasteiger charge is 2.26. The Morgan fingerprint density at radius 3 is 2.53 bits per heavy atom. The summed E-state index contributed by atoms with van der Waals surface area (Å²) < 4.78 is 0. The largest absolute Gasteiger partial charge is 0.479 e. The molecule has 94 valence electrons. The van der Waals surface area contributed by atoms with Gasteiger partial charge in [0.05, 0.1) is 0 Å². The number of carbonyl (C=O) groups is 1. The molecule has 1 aromatic carbocycles. The maximum atomic E-state index is 10.8. The van der Waals surface area contributed by atoms with Gasteiger partial charge in [0.2, 0.25) is 0 Å². The van der Waals surface area contributed by atoms with E-state index in [0.29, 0.717) is 6.42 Å². The lowest BCUT2D eigenvalue weighted by molar-refractivity contribution is -0.146. The fourth-order valence-corrected chi connectivity index (χ4v) is 2.71. The Bertz CT molecular complexity index is 340. The maximum Gasteiger partial charge on any atom is 0.333 e. The second kappa shape index (κ2) is 7.35. The molecular weight excluding hydrogens is 236 g/mol. The van der Waals surface area contributed by atoms with E-state index < -0.39 is 12.1 Å². The van der Waals surface area contributed by atoms with Crippen molar-refractivity contribution < 1.29 is 15.0 Å². The smallest absolute Gasteiger partial charge is 0.333 e. The van der Waals surface area contributed by atoms with Crippen LogP contribution in [0.4, 0.5) is 0 Å². The molecule has 0 bridgehead atoms. The number of hydrogen-bond donors (Lipinski definition) is 2. The lowest BCUT2D eigenvalue weighted by Crippen LogP contribution is -2.31. The van der Waals surface area contributed by atoms with Crippen LogP contribution in [0, 0.1) is 0 Å². The molecule has 0 radical (unpaired) electrons. The van der Waals surface area contributed by atoms with E-state index in [0.717, 1.165) is 17.7 Å². The van der Waals surface area contributed by atoms with Gasteiger partial charge in [-0.3, -0.25) is 0 Å². The molecule has 0 saturated carbocycles. The molecule has 0 aliphatic carbocycles. The quantitative estimate of drug-likeness (QED) is 0.735.